The van der Waals surface area contributed by atoms with Crippen LogP contribution in [-0.4, -0.2) is 25.0 Å². The molecule has 1 fully saturated rings. The third-order valence-corrected chi connectivity index (χ3v) is 4.40. The molecule has 0 bridgehead atoms. The van der Waals surface area contributed by atoms with E-state index >= 15 is 0 Å². The molecule has 1 aromatic carbocycles. The first-order chi connectivity index (χ1) is 9.33. The van der Waals surface area contributed by atoms with E-state index in [-0.39, 0.29) is 11.8 Å². The molecule has 2 aliphatic rings. The minimum Gasteiger partial charge on any atom is -0.354 e. The Morgan fingerprint density at radius 3 is 2.89 bits per heavy atom. The van der Waals surface area contributed by atoms with Gasteiger partial charge in [-0.15, -0.1) is 0 Å². The van der Waals surface area contributed by atoms with Crippen molar-refractivity contribution in [2.45, 2.75) is 38.1 Å². The Hall–Kier alpha value is -1.35. The Balaban J connectivity index is 1.54. The maximum atomic E-state index is 12.2. The van der Waals surface area contributed by atoms with Crippen LogP contribution < -0.4 is 10.6 Å². The highest BCUT2D eigenvalue weighted by atomic mass is 16.1. The van der Waals surface area contributed by atoms with Crippen LogP contribution in [0.15, 0.2) is 24.3 Å². The zero-order valence-electron chi connectivity index (χ0n) is 11.3. The van der Waals surface area contributed by atoms with E-state index in [1.165, 1.54) is 24.0 Å². The number of nitrogens with one attached hydrogen (secondary N) is 2. The monoisotopic (exact) mass is 258 g/mol. The van der Waals surface area contributed by atoms with Crippen LogP contribution in [0.1, 0.15) is 30.4 Å². The van der Waals surface area contributed by atoms with Gasteiger partial charge in [0.25, 0.3) is 0 Å². The Labute approximate surface area is 114 Å². The summed E-state index contributed by atoms with van der Waals surface area (Å²) >= 11 is 0. The maximum absolute atomic E-state index is 12.2. The molecule has 1 saturated heterocycles. The first-order valence-electron chi connectivity index (χ1n) is 7.41. The van der Waals surface area contributed by atoms with E-state index in [4.69, 9.17) is 0 Å². The minimum atomic E-state index is 0.163. The fourth-order valence-electron chi connectivity index (χ4n) is 3.22. The van der Waals surface area contributed by atoms with Gasteiger partial charge < -0.3 is 10.6 Å². The molecule has 19 heavy (non-hydrogen) atoms. The number of carbonyl (C=O) groups excluding carboxylic acids is 1. The summed E-state index contributed by atoms with van der Waals surface area (Å²) in [5, 5.41) is 6.54. The van der Waals surface area contributed by atoms with Crippen LogP contribution in [0.5, 0.6) is 0 Å². The van der Waals surface area contributed by atoms with Crippen molar-refractivity contribution in [1.29, 1.82) is 0 Å². The number of benzene rings is 1. The SMILES string of the molecule is O=C(NCC1CCCN1)C1CCc2ccccc2C1. The van der Waals surface area contributed by atoms with E-state index in [0.717, 1.165) is 32.4 Å². The zero-order valence-corrected chi connectivity index (χ0v) is 11.3. The average Bonchev–Trinajstić information content (AvgIpc) is 2.97. The van der Waals surface area contributed by atoms with Crippen molar-refractivity contribution in [1.82, 2.24) is 10.6 Å². The van der Waals surface area contributed by atoms with Crippen molar-refractivity contribution in [3.05, 3.63) is 35.4 Å². The number of hydrogen-bond donors (Lipinski definition) is 2. The number of rotatable bonds is 3. The van der Waals surface area contributed by atoms with Gasteiger partial charge in [-0.25, -0.2) is 0 Å². The predicted molar refractivity (Wildman–Crippen MR) is 76.0 cm³/mol. The number of amides is 1. The molecule has 1 aliphatic carbocycles. The molecule has 1 aliphatic heterocycles. The molecule has 2 unspecified atom stereocenters. The minimum absolute atomic E-state index is 0.163. The van der Waals surface area contributed by atoms with Crippen molar-refractivity contribution >= 4 is 5.91 Å². The Bertz CT molecular complexity index is 452. The molecule has 0 aromatic heterocycles. The number of hydrogen-bond acceptors (Lipinski definition) is 2. The van der Waals surface area contributed by atoms with Crippen molar-refractivity contribution in [2.75, 3.05) is 13.1 Å². The molecule has 3 heteroatoms. The Morgan fingerprint density at radius 2 is 2.11 bits per heavy atom. The van der Waals surface area contributed by atoms with Crippen LogP contribution in [0, 0.1) is 5.92 Å². The molecule has 1 heterocycles. The van der Waals surface area contributed by atoms with Gasteiger partial charge in [-0.3, -0.25) is 4.79 Å². The lowest BCUT2D eigenvalue weighted by Crippen LogP contribution is -2.41. The van der Waals surface area contributed by atoms with E-state index in [1.54, 1.807) is 0 Å². The summed E-state index contributed by atoms with van der Waals surface area (Å²) in [7, 11) is 0. The van der Waals surface area contributed by atoms with Crippen LogP contribution in [0.2, 0.25) is 0 Å². The normalized spacial score (nSPS) is 25.9. The van der Waals surface area contributed by atoms with Gasteiger partial charge >= 0.3 is 0 Å². The fourth-order valence-corrected chi connectivity index (χ4v) is 3.22. The quantitative estimate of drug-likeness (QED) is 0.865. The highest BCUT2D eigenvalue weighted by Crippen LogP contribution is 2.25. The maximum Gasteiger partial charge on any atom is 0.223 e. The lowest BCUT2D eigenvalue weighted by Gasteiger charge is -2.24. The molecule has 2 atom stereocenters. The predicted octanol–water partition coefficient (Wildman–Crippen LogP) is 1.66. The van der Waals surface area contributed by atoms with Gasteiger partial charge in [0.1, 0.15) is 0 Å². The largest absolute Gasteiger partial charge is 0.354 e. The molecule has 1 amide bonds. The first-order valence-corrected chi connectivity index (χ1v) is 7.41. The molecule has 0 spiro atoms. The number of fused-ring (bicyclic) bond motifs is 1. The van der Waals surface area contributed by atoms with Gasteiger partial charge in [0.15, 0.2) is 0 Å². The third kappa shape index (κ3) is 2.98. The first kappa shape index (κ1) is 12.7. The molecule has 0 radical (unpaired) electrons. The van der Waals surface area contributed by atoms with Gasteiger partial charge in [-0.2, -0.15) is 0 Å². The summed E-state index contributed by atoms with van der Waals surface area (Å²) in [6.45, 7) is 1.88. The topological polar surface area (TPSA) is 41.1 Å². The molecule has 2 N–H and O–H groups in total. The van der Waals surface area contributed by atoms with Crippen LogP contribution in [0.3, 0.4) is 0 Å². The van der Waals surface area contributed by atoms with Crippen molar-refractivity contribution < 1.29 is 4.79 Å². The second-order valence-corrected chi connectivity index (χ2v) is 5.75. The summed E-state index contributed by atoms with van der Waals surface area (Å²) in [6, 6.07) is 8.99. The Morgan fingerprint density at radius 1 is 1.26 bits per heavy atom. The smallest absolute Gasteiger partial charge is 0.223 e. The van der Waals surface area contributed by atoms with Gasteiger partial charge in [-0.05, 0) is 49.8 Å². The summed E-state index contributed by atoms with van der Waals surface area (Å²) in [4.78, 5) is 12.2. The van der Waals surface area contributed by atoms with E-state index in [2.05, 4.69) is 34.9 Å². The van der Waals surface area contributed by atoms with Gasteiger partial charge in [0.2, 0.25) is 5.91 Å². The van der Waals surface area contributed by atoms with Crippen LogP contribution in [0.4, 0.5) is 0 Å². The molecule has 3 rings (SSSR count). The van der Waals surface area contributed by atoms with E-state index in [0.29, 0.717) is 6.04 Å². The summed E-state index contributed by atoms with van der Waals surface area (Å²) in [5.74, 6) is 0.402. The summed E-state index contributed by atoms with van der Waals surface area (Å²) < 4.78 is 0. The highest BCUT2D eigenvalue weighted by molar-refractivity contribution is 5.79. The molecule has 102 valence electrons. The van der Waals surface area contributed by atoms with Crippen molar-refractivity contribution in [3.8, 4) is 0 Å². The van der Waals surface area contributed by atoms with E-state index in [1.807, 2.05) is 0 Å². The zero-order chi connectivity index (χ0) is 13.1. The second-order valence-electron chi connectivity index (χ2n) is 5.75. The average molecular weight is 258 g/mol. The standard InChI is InChI=1S/C16H22N2O/c19-16(18-11-15-6-3-9-17-15)14-8-7-12-4-1-2-5-13(12)10-14/h1-2,4-5,14-15,17H,3,6-11H2,(H,18,19). The van der Waals surface area contributed by atoms with Crippen LogP contribution >= 0.6 is 0 Å². The van der Waals surface area contributed by atoms with Gasteiger partial charge in [-0.1, -0.05) is 24.3 Å². The number of aryl methyl sites for hydroxylation is 1. The Kier molecular flexibility index (Phi) is 3.83. The van der Waals surface area contributed by atoms with E-state index in [9.17, 15) is 4.79 Å². The van der Waals surface area contributed by atoms with Crippen LogP contribution in [-0.2, 0) is 17.6 Å². The molecular formula is C16H22N2O. The van der Waals surface area contributed by atoms with E-state index < -0.39 is 0 Å². The van der Waals surface area contributed by atoms with Crippen molar-refractivity contribution in [3.63, 3.8) is 0 Å². The molecular weight excluding hydrogens is 236 g/mol. The molecule has 3 nitrogen and oxygen atoms in total. The number of carbonyl (C=O) groups is 1. The molecule has 1 aromatic rings. The lowest BCUT2D eigenvalue weighted by atomic mass is 9.83. The van der Waals surface area contributed by atoms with Crippen molar-refractivity contribution in [2.24, 2.45) is 5.92 Å². The third-order valence-electron chi connectivity index (χ3n) is 4.40. The molecule has 0 saturated carbocycles. The van der Waals surface area contributed by atoms with Crippen LogP contribution in [0.25, 0.3) is 0 Å². The van der Waals surface area contributed by atoms with Gasteiger partial charge in [0, 0.05) is 18.5 Å². The fraction of sp³-hybridized carbons (Fsp3) is 0.562. The highest BCUT2D eigenvalue weighted by Gasteiger charge is 2.25. The second kappa shape index (κ2) is 5.74. The summed E-state index contributed by atoms with van der Waals surface area (Å²) in [5.41, 5.74) is 2.77. The van der Waals surface area contributed by atoms with Gasteiger partial charge in [0.05, 0.1) is 0 Å². The summed E-state index contributed by atoms with van der Waals surface area (Å²) in [6.07, 6.45) is 5.35. The lowest BCUT2D eigenvalue weighted by molar-refractivity contribution is -0.125.